The largest absolute Gasteiger partial charge is 0.484 e. The van der Waals surface area contributed by atoms with Crippen LogP contribution in [0.25, 0.3) is 0 Å². The van der Waals surface area contributed by atoms with Gasteiger partial charge in [-0.2, -0.15) is 0 Å². The fraction of sp³-hybridized carbons (Fsp3) is 0.350. The number of piperazine rings is 1. The summed E-state index contributed by atoms with van der Waals surface area (Å²) in [6.45, 7) is 4.28. The van der Waals surface area contributed by atoms with Crippen LogP contribution in [0.4, 0.5) is 0 Å². The summed E-state index contributed by atoms with van der Waals surface area (Å²) in [6.07, 6.45) is 3.21. The van der Waals surface area contributed by atoms with Crippen molar-refractivity contribution >= 4 is 27.7 Å². The molecule has 0 saturated carbocycles. The van der Waals surface area contributed by atoms with E-state index in [0.717, 1.165) is 24.1 Å². The normalized spacial score (nSPS) is 14.5. The molecule has 0 radical (unpaired) electrons. The lowest BCUT2D eigenvalue weighted by molar-refractivity contribution is -0.135. The Kier molecular flexibility index (Phi) is 7.39. The standard InChI is InChI=1S/C20H23BrN4O3/c21-17-1-3-18(4-2-17)28-15-19(26)25-13-11-24(12-14-25)10-9-23-20(27)16-5-7-22-8-6-16/h1-8H,9-15H2,(H,23,27). The first-order valence-corrected chi connectivity index (χ1v) is 9.98. The summed E-state index contributed by atoms with van der Waals surface area (Å²) in [5.41, 5.74) is 0.608. The molecule has 7 nitrogen and oxygen atoms in total. The monoisotopic (exact) mass is 446 g/mol. The molecule has 1 fully saturated rings. The Morgan fingerprint density at radius 1 is 1.04 bits per heavy atom. The number of pyridine rings is 1. The van der Waals surface area contributed by atoms with Gasteiger partial charge in [-0.05, 0) is 36.4 Å². The highest BCUT2D eigenvalue weighted by Gasteiger charge is 2.21. The van der Waals surface area contributed by atoms with Crippen molar-refractivity contribution in [3.8, 4) is 5.75 Å². The number of carbonyl (C=O) groups excluding carboxylic acids is 2. The van der Waals surface area contributed by atoms with Gasteiger partial charge in [-0.15, -0.1) is 0 Å². The van der Waals surface area contributed by atoms with E-state index in [9.17, 15) is 9.59 Å². The van der Waals surface area contributed by atoms with E-state index in [-0.39, 0.29) is 18.4 Å². The number of rotatable bonds is 7. The van der Waals surface area contributed by atoms with E-state index in [1.54, 1.807) is 24.5 Å². The SMILES string of the molecule is O=C(NCCN1CCN(C(=O)COc2ccc(Br)cc2)CC1)c1ccncc1. The number of carbonyl (C=O) groups is 2. The van der Waals surface area contributed by atoms with Crippen LogP contribution in [0.5, 0.6) is 5.75 Å². The van der Waals surface area contributed by atoms with Gasteiger partial charge >= 0.3 is 0 Å². The minimum absolute atomic E-state index is 0.00596. The molecule has 0 atom stereocenters. The second kappa shape index (κ2) is 10.2. The van der Waals surface area contributed by atoms with Crippen molar-refractivity contribution in [3.05, 3.63) is 58.8 Å². The van der Waals surface area contributed by atoms with Crippen molar-refractivity contribution in [2.45, 2.75) is 0 Å². The predicted molar refractivity (Wildman–Crippen MR) is 109 cm³/mol. The molecule has 1 N–H and O–H groups in total. The van der Waals surface area contributed by atoms with Gasteiger partial charge in [0.05, 0.1) is 0 Å². The van der Waals surface area contributed by atoms with Crippen LogP contribution in [0.3, 0.4) is 0 Å². The number of aromatic nitrogens is 1. The number of nitrogens with zero attached hydrogens (tertiary/aromatic N) is 3. The molecule has 1 aromatic heterocycles. The Labute approximate surface area is 172 Å². The third kappa shape index (κ3) is 6.03. The van der Waals surface area contributed by atoms with E-state index in [2.05, 4.69) is 31.1 Å². The molecule has 148 valence electrons. The van der Waals surface area contributed by atoms with E-state index in [1.165, 1.54) is 0 Å². The van der Waals surface area contributed by atoms with Crippen LogP contribution >= 0.6 is 15.9 Å². The summed E-state index contributed by atoms with van der Waals surface area (Å²) in [7, 11) is 0. The quantitative estimate of drug-likeness (QED) is 0.701. The molecule has 1 aliphatic rings. The molecule has 1 saturated heterocycles. The molecule has 0 unspecified atom stereocenters. The molecule has 0 spiro atoms. The maximum atomic E-state index is 12.3. The molecule has 28 heavy (non-hydrogen) atoms. The van der Waals surface area contributed by atoms with Gasteiger partial charge in [0.25, 0.3) is 11.8 Å². The van der Waals surface area contributed by atoms with Crippen molar-refractivity contribution in [1.82, 2.24) is 20.1 Å². The van der Waals surface area contributed by atoms with Gasteiger partial charge in [0.15, 0.2) is 6.61 Å². The molecule has 3 rings (SSSR count). The molecule has 8 heteroatoms. The van der Waals surface area contributed by atoms with Crippen molar-refractivity contribution in [1.29, 1.82) is 0 Å². The lowest BCUT2D eigenvalue weighted by atomic mass is 10.2. The van der Waals surface area contributed by atoms with E-state index in [4.69, 9.17) is 4.74 Å². The van der Waals surface area contributed by atoms with Crippen LogP contribution in [0, 0.1) is 0 Å². The van der Waals surface area contributed by atoms with Crippen molar-refractivity contribution in [3.63, 3.8) is 0 Å². The Balaban J connectivity index is 1.33. The van der Waals surface area contributed by atoms with Gasteiger partial charge in [0.2, 0.25) is 0 Å². The van der Waals surface area contributed by atoms with Crippen LogP contribution < -0.4 is 10.1 Å². The second-order valence-electron chi connectivity index (χ2n) is 6.46. The highest BCUT2D eigenvalue weighted by atomic mass is 79.9. The number of ether oxygens (including phenoxy) is 1. The van der Waals surface area contributed by atoms with E-state index in [1.807, 2.05) is 29.2 Å². The number of hydrogen-bond acceptors (Lipinski definition) is 5. The zero-order valence-electron chi connectivity index (χ0n) is 15.5. The predicted octanol–water partition coefficient (Wildman–Crippen LogP) is 1.80. The third-order valence-corrected chi connectivity index (χ3v) is 5.09. The molecule has 1 aliphatic heterocycles. The number of amides is 2. The molecule has 2 heterocycles. The minimum atomic E-state index is -0.0960. The Morgan fingerprint density at radius 2 is 1.71 bits per heavy atom. The van der Waals surface area contributed by atoms with Gasteiger partial charge in [-0.1, -0.05) is 15.9 Å². The minimum Gasteiger partial charge on any atom is -0.484 e. The Bertz CT molecular complexity index is 778. The zero-order valence-corrected chi connectivity index (χ0v) is 17.1. The van der Waals surface area contributed by atoms with Crippen molar-refractivity contribution < 1.29 is 14.3 Å². The van der Waals surface area contributed by atoms with Gasteiger partial charge in [0, 0.05) is 61.7 Å². The van der Waals surface area contributed by atoms with Crippen molar-refractivity contribution in [2.75, 3.05) is 45.9 Å². The lowest BCUT2D eigenvalue weighted by Crippen LogP contribution is -2.51. The average Bonchev–Trinajstić information content (AvgIpc) is 2.74. The van der Waals surface area contributed by atoms with Crippen LogP contribution in [-0.4, -0.2) is 72.5 Å². The molecule has 2 aromatic rings. The average molecular weight is 447 g/mol. The third-order valence-electron chi connectivity index (χ3n) is 4.56. The number of nitrogens with one attached hydrogen (secondary N) is 1. The Morgan fingerprint density at radius 3 is 2.39 bits per heavy atom. The number of hydrogen-bond donors (Lipinski definition) is 1. The van der Waals surface area contributed by atoms with Gasteiger partial charge in [0.1, 0.15) is 5.75 Å². The maximum Gasteiger partial charge on any atom is 0.260 e. The topological polar surface area (TPSA) is 74.8 Å². The van der Waals surface area contributed by atoms with E-state index in [0.29, 0.717) is 30.9 Å². The molecular formula is C20H23BrN4O3. The summed E-state index contributed by atoms with van der Waals surface area (Å²) in [5.74, 6) is 0.579. The summed E-state index contributed by atoms with van der Waals surface area (Å²) in [4.78, 5) is 32.3. The first kappa shape index (κ1) is 20.3. The van der Waals surface area contributed by atoms with Crippen LogP contribution in [0.1, 0.15) is 10.4 Å². The molecular weight excluding hydrogens is 424 g/mol. The molecule has 0 aliphatic carbocycles. The van der Waals surface area contributed by atoms with Crippen molar-refractivity contribution in [2.24, 2.45) is 0 Å². The lowest BCUT2D eigenvalue weighted by Gasteiger charge is -2.34. The smallest absolute Gasteiger partial charge is 0.260 e. The summed E-state index contributed by atoms with van der Waals surface area (Å²) >= 11 is 3.37. The fourth-order valence-electron chi connectivity index (χ4n) is 2.92. The fourth-order valence-corrected chi connectivity index (χ4v) is 3.19. The maximum absolute atomic E-state index is 12.3. The summed E-state index contributed by atoms with van der Waals surface area (Å²) in [5, 5.41) is 2.91. The number of benzene rings is 1. The molecule has 0 bridgehead atoms. The highest BCUT2D eigenvalue weighted by Crippen LogP contribution is 2.16. The highest BCUT2D eigenvalue weighted by molar-refractivity contribution is 9.10. The first-order valence-electron chi connectivity index (χ1n) is 9.18. The van der Waals surface area contributed by atoms with Crippen LogP contribution in [0.15, 0.2) is 53.3 Å². The van der Waals surface area contributed by atoms with E-state index >= 15 is 0 Å². The second-order valence-corrected chi connectivity index (χ2v) is 7.37. The number of halogens is 1. The first-order chi connectivity index (χ1) is 13.6. The van der Waals surface area contributed by atoms with Gasteiger partial charge in [-0.3, -0.25) is 19.5 Å². The summed E-state index contributed by atoms with van der Waals surface area (Å²) < 4.78 is 6.53. The molecule has 1 aromatic carbocycles. The van der Waals surface area contributed by atoms with Crippen LogP contribution in [-0.2, 0) is 4.79 Å². The summed E-state index contributed by atoms with van der Waals surface area (Å²) in [6, 6.07) is 10.8. The van der Waals surface area contributed by atoms with Gasteiger partial charge in [-0.25, -0.2) is 0 Å². The molecule has 2 amide bonds. The zero-order chi connectivity index (χ0) is 19.8. The van der Waals surface area contributed by atoms with Crippen LogP contribution in [0.2, 0.25) is 0 Å². The van der Waals surface area contributed by atoms with Gasteiger partial charge < -0.3 is 15.0 Å². The van der Waals surface area contributed by atoms with E-state index < -0.39 is 0 Å². The Hall–Kier alpha value is -2.45.